The van der Waals surface area contributed by atoms with Crippen molar-refractivity contribution in [3.63, 3.8) is 0 Å². The Hall–Kier alpha value is -0.150. The van der Waals surface area contributed by atoms with Gasteiger partial charge in [0.15, 0.2) is 0 Å². The smallest absolute Gasteiger partial charge is 0.302 e. The van der Waals surface area contributed by atoms with Gasteiger partial charge in [-0.3, -0.25) is 9.05 Å². The van der Waals surface area contributed by atoms with Crippen LogP contribution in [-0.2, 0) is 13.6 Å². The third kappa shape index (κ3) is 11.1. The maximum absolute atomic E-state index is 11.8. The summed E-state index contributed by atoms with van der Waals surface area (Å²) in [7, 11) is -3.91. The number of phosphoric ester groups is 1. The first-order valence-electron chi connectivity index (χ1n) is 8.12. The lowest BCUT2D eigenvalue weighted by Gasteiger charge is -2.19. The first kappa shape index (κ1) is 20.9. The molecule has 5 heteroatoms. The summed E-state index contributed by atoms with van der Waals surface area (Å²) >= 11 is 0. The summed E-state index contributed by atoms with van der Waals surface area (Å²) < 4.78 is 21.9. The van der Waals surface area contributed by atoms with Crippen molar-refractivity contribution in [1.82, 2.24) is 0 Å². The Labute approximate surface area is 130 Å². The summed E-state index contributed by atoms with van der Waals surface area (Å²) in [6.07, 6.45) is 8.16. The zero-order valence-electron chi connectivity index (χ0n) is 14.2. The van der Waals surface area contributed by atoms with Gasteiger partial charge in [-0.2, -0.15) is 0 Å². The van der Waals surface area contributed by atoms with Gasteiger partial charge in [-0.1, -0.05) is 66.0 Å². The van der Waals surface area contributed by atoms with Gasteiger partial charge in [-0.25, -0.2) is 4.57 Å². The lowest BCUT2D eigenvalue weighted by Crippen LogP contribution is -2.14. The molecule has 0 aliphatic carbocycles. The fraction of sp³-hybridized carbons (Fsp3) is 0.875. The first-order valence-corrected chi connectivity index (χ1v) is 9.62. The van der Waals surface area contributed by atoms with Gasteiger partial charge in [-0.05, 0) is 18.3 Å². The highest BCUT2D eigenvalue weighted by Gasteiger charge is 2.23. The van der Waals surface area contributed by atoms with Crippen molar-refractivity contribution in [3.8, 4) is 0 Å². The fourth-order valence-corrected chi connectivity index (χ4v) is 2.48. The molecule has 0 aliphatic rings. The molecule has 21 heavy (non-hydrogen) atoms. The third-order valence-corrected chi connectivity index (χ3v) is 4.60. The molecule has 0 aromatic rings. The van der Waals surface area contributed by atoms with Crippen LogP contribution in [0.3, 0.4) is 0 Å². The van der Waals surface area contributed by atoms with Gasteiger partial charge in [0.05, 0.1) is 13.2 Å². The van der Waals surface area contributed by atoms with Crippen molar-refractivity contribution >= 4 is 7.82 Å². The Balaban J connectivity index is 4.27. The number of hydrogen-bond acceptors (Lipinski definition) is 3. The molecule has 0 rings (SSSR count). The molecule has 0 aliphatic heterocycles. The fourth-order valence-electron chi connectivity index (χ4n) is 1.69. The predicted octanol–water partition coefficient (Wildman–Crippen LogP) is 5.18. The molecule has 0 saturated carbocycles. The van der Waals surface area contributed by atoms with E-state index in [1.54, 1.807) is 0 Å². The largest absolute Gasteiger partial charge is 0.472 e. The molecule has 0 bridgehead atoms. The monoisotopic (exact) mass is 320 g/mol. The highest BCUT2D eigenvalue weighted by atomic mass is 31.2. The average molecular weight is 320 g/mol. The first-order chi connectivity index (χ1) is 9.82. The van der Waals surface area contributed by atoms with Gasteiger partial charge in [-0.15, -0.1) is 0 Å². The van der Waals surface area contributed by atoms with Crippen LogP contribution in [0.5, 0.6) is 0 Å². The quantitative estimate of drug-likeness (QED) is 0.305. The Morgan fingerprint density at radius 3 is 2.29 bits per heavy atom. The molecule has 1 N–H and O–H groups in total. The number of unbranched alkanes of at least 4 members (excludes halogenated alkanes) is 2. The summed E-state index contributed by atoms with van der Waals surface area (Å²) in [5, 5.41) is 0. The average Bonchev–Trinajstić information content (AvgIpc) is 2.42. The molecule has 0 fully saturated rings. The summed E-state index contributed by atoms with van der Waals surface area (Å²) in [6.45, 7) is 11.0. The van der Waals surface area contributed by atoms with Crippen molar-refractivity contribution in [2.75, 3.05) is 13.2 Å². The second kappa shape index (κ2) is 11.4. The number of phosphoric acid groups is 1. The molecular weight excluding hydrogens is 287 g/mol. The van der Waals surface area contributed by atoms with E-state index in [4.69, 9.17) is 9.05 Å². The minimum Gasteiger partial charge on any atom is -0.302 e. The molecule has 3 atom stereocenters. The van der Waals surface area contributed by atoms with Crippen molar-refractivity contribution in [1.29, 1.82) is 0 Å². The molecule has 0 heterocycles. The van der Waals surface area contributed by atoms with Gasteiger partial charge < -0.3 is 4.89 Å². The molecule has 4 nitrogen and oxygen atoms in total. The summed E-state index contributed by atoms with van der Waals surface area (Å²) in [5.74, 6) is 0.988. The van der Waals surface area contributed by atoms with E-state index in [1.165, 1.54) is 0 Å². The zero-order chi connectivity index (χ0) is 16.3. The number of hydrogen-bond donors (Lipinski definition) is 1. The molecule has 0 radical (unpaired) electrons. The van der Waals surface area contributed by atoms with Crippen LogP contribution in [0.4, 0.5) is 0 Å². The van der Waals surface area contributed by atoms with E-state index in [0.717, 1.165) is 25.7 Å². The van der Waals surface area contributed by atoms with Crippen molar-refractivity contribution in [3.05, 3.63) is 12.2 Å². The number of allylic oxidation sites excluding steroid dienone is 1. The molecule has 0 spiro atoms. The SMILES string of the molecule is CCCCCOP(=O)(O)OCC(C=CC(C)CC)C(C)C. The summed E-state index contributed by atoms with van der Waals surface area (Å²) in [5.41, 5.74) is 0. The van der Waals surface area contributed by atoms with Crippen molar-refractivity contribution < 1.29 is 18.5 Å². The maximum Gasteiger partial charge on any atom is 0.472 e. The van der Waals surface area contributed by atoms with Gasteiger partial charge in [0.25, 0.3) is 0 Å². The molecule has 0 aromatic carbocycles. The minimum absolute atomic E-state index is 0.124. The highest BCUT2D eigenvalue weighted by molar-refractivity contribution is 7.47. The van der Waals surface area contributed by atoms with Crippen LogP contribution >= 0.6 is 7.82 Å². The van der Waals surface area contributed by atoms with Crippen molar-refractivity contribution in [2.24, 2.45) is 17.8 Å². The molecule has 3 unspecified atom stereocenters. The Morgan fingerprint density at radius 2 is 1.76 bits per heavy atom. The second-order valence-electron chi connectivity index (χ2n) is 5.98. The van der Waals surface area contributed by atoms with Gasteiger partial charge in [0.1, 0.15) is 0 Å². The van der Waals surface area contributed by atoms with E-state index in [-0.39, 0.29) is 19.1 Å². The van der Waals surface area contributed by atoms with Gasteiger partial charge in [0, 0.05) is 5.92 Å². The van der Waals surface area contributed by atoms with E-state index in [0.29, 0.717) is 11.8 Å². The molecule has 126 valence electrons. The topological polar surface area (TPSA) is 55.8 Å². The van der Waals surface area contributed by atoms with Gasteiger partial charge >= 0.3 is 7.82 Å². The van der Waals surface area contributed by atoms with Crippen LogP contribution in [0.1, 0.15) is 60.3 Å². The molecule has 0 aromatic heterocycles. The molecular formula is C16H33O4P. The standard InChI is InChI=1S/C16H33O4P/c1-6-8-9-12-19-21(17,18)20-13-16(14(3)4)11-10-15(5)7-2/h10-11,14-16H,6-9,12-13H2,1-5H3,(H,17,18). The normalized spacial score (nSPS) is 18.0. The second-order valence-corrected chi connectivity index (χ2v) is 7.44. The summed E-state index contributed by atoms with van der Waals surface area (Å²) in [6, 6.07) is 0. The zero-order valence-corrected chi connectivity index (χ0v) is 15.1. The van der Waals surface area contributed by atoms with E-state index < -0.39 is 7.82 Å². The van der Waals surface area contributed by atoms with Crippen molar-refractivity contribution in [2.45, 2.75) is 60.3 Å². The maximum atomic E-state index is 11.8. The van der Waals surface area contributed by atoms with Gasteiger partial charge in [0.2, 0.25) is 0 Å². The summed E-state index contributed by atoms with van der Waals surface area (Å²) in [4.78, 5) is 9.66. The Bertz CT molecular complexity index is 328. The molecule has 0 amide bonds. The lowest BCUT2D eigenvalue weighted by molar-refractivity contribution is 0.129. The van der Waals surface area contributed by atoms with Crippen LogP contribution in [0, 0.1) is 17.8 Å². The van der Waals surface area contributed by atoms with E-state index >= 15 is 0 Å². The van der Waals surface area contributed by atoms with Crippen LogP contribution in [-0.4, -0.2) is 18.1 Å². The van der Waals surface area contributed by atoms with E-state index in [2.05, 4.69) is 46.8 Å². The predicted molar refractivity (Wildman–Crippen MR) is 88.2 cm³/mol. The lowest BCUT2D eigenvalue weighted by atomic mass is 9.94. The number of rotatable bonds is 12. The van der Waals surface area contributed by atoms with Crippen LogP contribution < -0.4 is 0 Å². The van der Waals surface area contributed by atoms with Crippen LogP contribution in [0.2, 0.25) is 0 Å². The van der Waals surface area contributed by atoms with Crippen LogP contribution in [0.15, 0.2) is 12.2 Å². The minimum atomic E-state index is -3.91. The molecule has 0 saturated heterocycles. The van der Waals surface area contributed by atoms with E-state index in [1.807, 2.05) is 0 Å². The Kier molecular flexibility index (Phi) is 11.3. The third-order valence-electron chi connectivity index (χ3n) is 3.62. The van der Waals surface area contributed by atoms with E-state index in [9.17, 15) is 9.46 Å². The highest BCUT2D eigenvalue weighted by Crippen LogP contribution is 2.44. The van der Waals surface area contributed by atoms with Crippen LogP contribution in [0.25, 0.3) is 0 Å². The Morgan fingerprint density at radius 1 is 1.10 bits per heavy atom.